The van der Waals surface area contributed by atoms with Crippen LogP contribution in [0.25, 0.3) is 5.69 Å². The summed E-state index contributed by atoms with van der Waals surface area (Å²) in [5.74, 6) is 0. The maximum atomic E-state index is 5.36. The van der Waals surface area contributed by atoms with Crippen LogP contribution in [0.15, 0.2) is 36.7 Å². The van der Waals surface area contributed by atoms with Crippen molar-refractivity contribution >= 4 is 0 Å². The molecule has 5 nitrogen and oxygen atoms in total. The minimum absolute atomic E-state index is 0.386. The summed E-state index contributed by atoms with van der Waals surface area (Å²) in [7, 11) is 0. The predicted molar refractivity (Wildman–Crippen MR) is 60.5 cm³/mol. The molecule has 0 atom stereocenters. The van der Waals surface area contributed by atoms with Gasteiger partial charge in [-0.2, -0.15) is 4.98 Å². The van der Waals surface area contributed by atoms with Crippen molar-refractivity contribution in [2.24, 2.45) is 5.73 Å². The van der Waals surface area contributed by atoms with E-state index in [2.05, 4.69) is 10.1 Å². The Kier molecular flexibility index (Phi) is 3.50. The van der Waals surface area contributed by atoms with Crippen molar-refractivity contribution in [1.82, 2.24) is 14.8 Å². The number of nitrogens with two attached hydrogens (primary N) is 1. The molecule has 2 N–H and O–H groups in total. The second-order valence-corrected chi connectivity index (χ2v) is 3.30. The van der Waals surface area contributed by atoms with Crippen LogP contribution in [0.1, 0.15) is 6.42 Å². The van der Waals surface area contributed by atoms with Crippen molar-refractivity contribution in [1.29, 1.82) is 0 Å². The lowest BCUT2D eigenvalue weighted by Gasteiger charge is -1.99. The first-order valence-corrected chi connectivity index (χ1v) is 5.20. The molecule has 0 aliphatic heterocycles. The molecule has 5 heteroatoms. The van der Waals surface area contributed by atoms with E-state index in [1.807, 2.05) is 30.3 Å². The van der Waals surface area contributed by atoms with Crippen molar-refractivity contribution in [2.45, 2.75) is 6.42 Å². The summed E-state index contributed by atoms with van der Waals surface area (Å²) < 4.78 is 7.00. The average molecular weight is 218 g/mol. The zero-order valence-corrected chi connectivity index (χ0v) is 8.91. The lowest BCUT2D eigenvalue weighted by Crippen LogP contribution is -2.07. The number of para-hydroxylation sites is 1. The lowest BCUT2D eigenvalue weighted by atomic mass is 10.3. The van der Waals surface area contributed by atoms with Crippen LogP contribution in [-0.2, 0) is 0 Å². The van der Waals surface area contributed by atoms with E-state index in [0.717, 1.165) is 12.1 Å². The zero-order valence-electron chi connectivity index (χ0n) is 8.91. The first-order chi connectivity index (χ1) is 7.90. The van der Waals surface area contributed by atoms with Crippen LogP contribution >= 0.6 is 0 Å². The van der Waals surface area contributed by atoms with E-state index in [0.29, 0.717) is 19.2 Å². The molecular formula is C11H14N4O. The number of aromatic nitrogens is 3. The van der Waals surface area contributed by atoms with E-state index in [-0.39, 0.29) is 0 Å². The third-order valence-electron chi connectivity index (χ3n) is 2.07. The number of hydrogen-bond donors (Lipinski definition) is 1. The molecule has 1 aromatic heterocycles. The molecule has 0 aliphatic carbocycles. The standard InChI is InChI=1S/C11H14N4O/c12-7-4-8-16-11-13-9-15(14-11)10-5-2-1-3-6-10/h1-3,5-6,9H,4,7-8,12H2. The third-order valence-corrected chi connectivity index (χ3v) is 2.07. The highest BCUT2D eigenvalue weighted by Crippen LogP contribution is 2.08. The smallest absolute Gasteiger partial charge is 0.335 e. The average Bonchev–Trinajstić information content (AvgIpc) is 2.79. The van der Waals surface area contributed by atoms with Gasteiger partial charge in [0.2, 0.25) is 0 Å². The number of rotatable bonds is 5. The molecule has 1 heterocycles. The molecule has 2 rings (SSSR count). The highest BCUT2D eigenvalue weighted by atomic mass is 16.5. The van der Waals surface area contributed by atoms with Crippen LogP contribution in [0.3, 0.4) is 0 Å². The van der Waals surface area contributed by atoms with Crippen LogP contribution in [0, 0.1) is 0 Å². The highest BCUT2D eigenvalue weighted by Gasteiger charge is 2.02. The molecule has 0 bridgehead atoms. The fourth-order valence-electron chi connectivity index (χ4n) is 1.27. The minimum atomic E-state index is 0.386. The second-order valence-electron chi connectivity index (χ2n) is 3.30. The van der Waals surface area contributed by atoms with E-state index < -0.39 is 0 Å². The van der Waals surface area contributed by atoms with Crippen LogP contribution < -0.4 is 10.5 Å². The summed E-state index contributed by atoms with van der Waals surface area (Å²) in [5.41, 5.74) is 6.32. The molecule has 0 spiro atoms. The summed E-state index contributed by atoms with van der Waals surface area (Å²) in [6.45, 7) is 1.16. The van der Waals surface area contributed by atoms with Gasteiger partial charge >= 0.3 is 6.01 Å². The van der Waals surface area contributed by atoms with Gasteiger partial charge in [-0.1, -0.05) is 18.2 Å². The molecule has 0 amide bonds. The lowest BCUT2D eigenvalue weighted by molar-refractivity contribution is 0.289. The van der Waals surface area contributed by atoms with E-state index in [1.165, 1.54) is 0 Å². The van der Waals surface area contributed by atoms with Gasteiger partial charge in [-0.25, -0.2) is 4.68 Å². The molecule has 84 valence electrons. The number of ether oxygens (including phenoxy) is 1. The molecule has 1 aromatic carbocycles. The van der Waals surface area contributed by atoms with Gasteiger partial charge in [-0.05, 0) is 25.1 Å². The van der Waals surface area contributed by atoms with Gasteiger partial charge in [0, 0.05) is 0 Å². The largest absolute Gasteiger partial charge is 0.462 e. The summed E-state index contributed by atoms with van der Waals surface area (Å²) in [6, 6.07) is 10.2. The maximum absolute atomic E-state index is 5.36. The predicted octanol–water partition coefficient (Wildman–Crippen LogP) is 0.995. The van der Waals surface area contributed by atoms with Crippen molar-refractivity contribution in [3.63, 3.8) is 0 Å². The molecule has 2 aromatic rings. The molecule has 0 aliphatic rings. The fraction of sp³-hybridized carbons (Fsp3) is 0.273. The second kappa shape index (κ2) is 5.27. The zero-order chi connectivity index (χ0) is 11.2. The van der Waals surface area contributed by atoms with E-state index in [4.69, 9.17) is 10.5 Å². The summed E-state index contributed by atoms with van der Waals surface area (Å²) in [5, 5.41) is 4.19. The maximum Gasteiger partial charge on any atom is 0.335 e. The van der Waals surface area contributed by atoms with Gasteiger partial charge in [0.1, 0.15) is 6.33 Å². The Morgan fingerprint density at radius 2 is 2.06 bits per heavy atom. The van der Waals surface area contributed by atoms with Gasteiger partial charge in [-0.15, -0.1) is 5.10 Å². The summed E-state index contributed by atoms with van der Waals surface area (Å²) >= 11 is 0. The van der Waals surface area contributed by atoms with Crippen LogP contribution in [0.2, 0.25) is 0 Å². The number of benzene rings is 1. The Morgan fingerprint density at radius 3 is 2.81 bits per heavy atom. The first kappa shape index (κ1) is 10.6. The van der Waals surface area contributed by atoms with Gasteiger partial charge in [0.15, 0.2) is 0 Å². The third kappa shape index (κ3) is 2.58. The minimum Gasteiger partial charge on any atom is -0.462 e. The van der Waals surface area contributed by atoms with Crippen LogP contribution in [0.4, 0.5) is 0 Å². The first-order valence-electron chi connectivity index (χ1n) is 5.20. The number of nitrogens with zero attached hydrogens (tertiary/aromatic N) is 3. The molecule has 0 saturated heterocycles. The molecule has 0 saturated carbocycles. The van der Waals surface area contributed by atoms with Gasteiger partial charge in [0.05, 0.1) is 12.3 Å². The van der Waals surface area contributed by atoms with Crippen molar-refractivity contribution in [3.05, 3.63) is 36.7 Å². The van der Waals surface area contributed by atoms with Gasteiger partial charge in [-0.3, -0.25) is 0 Å². The van der Waals surface area contributed by atoms with E-state index in [1.54, 1.807) is 11.0 Å². The SMILES string of the molecule is NCCCOc1ncn(-c2ccccc2)n1. The van der Waals surface area contributed by atoms with Crippen LogP contribution in [-0.4, -0.2) is 27.9 Å². The fourth-order valence-corrected chi connectivity index (χ4v) is 1.27. The molecular weight excluding hydrogens is 204 g/mol. The van der Waals surface area contributed by atoms with Crippen molar-refractivity contribution < 1.29 is 4.74 Å². The van der Waals surface area contributed by atoms with Crippen LogP contribution in [0.5, 0.6) is 6.01 Å². The van der Waals surface area contributed by atoms with Crippen molar-refractivity contribution in [2.75, 3.05) is 13.2 Å². The Morgan fingerprint density at radius 1 is 1.25 bits per heavy atom. The van der Waals surface area contributed by atoms with Crippen molar-refractivity contribution in [3.8, 4) is 11.7 Å². The number of hydrogen-bond acceptors (Lipinski definition) is 4. The van der Waals surface area contributed by atoms with E-state index >= 15 is 0 Å². The monoisotopic (exact) mass is 218 g/mol. The van der Waals surface area contributed by atoms with Gasteiger partial charge in [0.25, 0.3) is 0 Å². The quantitative estimate of drug-likeness (QED) is 0.760. The Labute approximate surface area is 93.9 Å². The molecule has 16 heavy (non-hydrogen) atoms. The normalized spacial score (nSPS) is 10.3. The van der Waals surface area contributed by atoms with Gasteiger partial charge < -0.3 is 10.5 Å². The summed E-state index contributed by atoms with van der Waals surface area (Å²) in [6.07, 6.45) is 2.44. The van der Waals surface area contributed by atoms with E-state index in [9.17, 15) is 0 Å². The Bertz CT molecular complexity index is 427. The molecule has 0 fully saturated rings. The topological polar surface area (TPSA) is 66.0 Å². The summed E-state index contributed by atoms with van der Waals surface area (Å²) in [4.78, 5) is 4.05. The highest BCUT2D eigenvalue weighted by molar-refractivity contribution is 5.29. The Hall–Kier alpha value is -1.88. The Balaban J connectivity index is 2.02. The molecule has 0 unspecified atom stereocenters. The molecule has 0 radical (unpaired) electrons.